The fourth-order valence-corrected chi connectivity index (χ4v) is 3.38. The number of nitro benzene ring substituents is 1. The number of phenolic OH excluding ortho intramolecular Hbond substituents is 1. The number of ether oxygens (including phenoxy) is 1. The molecule has 3 rings (SSSR count). The van der Waals surface area contributed by atoms with Gasteiger partial charge < -0.3 is 9.84 Å². The van der Waals surface area contributed by atoms with Gasteiger partial charge in [0, 0.05) is 17.7 Å². The molecule has 27 heavy (non-hydrogen) atoms. The Morgan fingerprint density at radius 3 is 2.70 bits per heavy atom. The number of rotatable bonds is 5. The second-order valence-corrected chi connectivity index (χ2v) is 6.59. The maximum absolute atomic E-state index is 12.6. The Bertz CT molecular complexity index is 972. The van der Waals surface area contributed by atoms with E-state index in [1.807, 2.05) is 0 Å². The molecule has 1 N–H and O–H groups in total. The van der Waals surface area contributed by atoms with Crippen molar-refractivity contribution < 1.29 is 24.4 Å². The first-order valence-corrected chi connectivity index (χ1v) is 8.57. The van der Waals surface area contributed by atoms with Gasteiger partial charge in [0.2, 0.25) is 0 Å². The van der Waals surface area contributed by atoms with Gasteiger partial charge in [-0.1, -0.05) is 24.3 Å². The summed E-state index contributed by atoms with van der Waals surface area (Å²) < 4.78 is 5.03. The monoisotopic (exact) mass is 386 g/mol. The highest BCUT2D eigenvalue weighted by molar-refractivity contribution is 8.18. The number of phenols is 1. The van der Waals surface area contributed by atoms with Crippen molar-refractivity contribution in [3.05, 3.63) is 68.6 Å². The summed E-state index contributed by atoms with van der Waals surface area (Å²) in [7, 11) is 1.41. The Hall–Kier alpha value is -3.33. The van der Waals surface area contributed by atoms with Crippen LogP contribution in [0.3, 0.4) is 0 Å². The van der Waals surface area contributed by atoms with Gasteiger partial charge in [0.25, 0.3) is 16.8 Å². The highest BCUT2D eigenvalue weighted by Gasteiger charge is 2.35. The molecule has 1 aliphatic heterocycles. The van der Waals surface area contributed by atoms with Gasteiger partial charge in [0.1, 0.15) is 0 Å². The molecule has 0 aliphatic carbocycles. The zero-order valence-electron chi connectivity index (χ0n) is 14.1. The van der Waals surface area contributed by atoms with E-state index in [0.717, 1.165) is 16.7 Å². The Kier molecular flexibility index (Phi) is 5.13. The highest BCUT2D eigenvalue weighted by Crippen LogP contribution is 2.37. The summed E-state index contributed by atoms with van der Waals surface area (Å²) in [5, 5.41) is 20.5. The summed E-state index contributed by atoms with van der Waals surface area (Å²) >= 11 is 0.741. The number of hydrogen-bond donors (Lipinski definition) is 1. The average molecular weight is 386 g/mol. The third kappa shape index (κ3) is 3.77. The molecule has 2 amide bonds. The summed E-state index contributed by atoms with van der Waals surface area (Å²) in [6.45, 7) is -0.0756. The van der Waals surface area contributed by atoms with Gasteiger partial charge in [-0.25, -0.2) is 0 Å². The highest BCUT2D eigenvalue weighted by atomic mass is 32.2. The number of carbonyl (C=O) groups is 2. The lowest BCUT2D eigenvalue weighted by molar-refractivity contribution is -0.384. The van der Waals surface area contributed by atoms with Gasteiger partial charge >= 0.3 is 0 Å². The van der Waals surface area contributed by atoms with Crippen LogP contribution < -0.4 is 4.74 Å². The third-order valence-electron chi connectivity index (χ3n) is 3.87. The van der Waals surface area contributed by atoms with Crippen LogP contribution >= 0.6 is 11.8 Å². The maximum Gasteiger partial charge on any atom is 0.293 e. The van der Waals surface area contributed by atoms with Gasteiger partial charge in [-0.2, -0.15) is 0 Å². The molecule has 0 spiro atoms. The number of carbonyl (C=O) groups excluding carboxylic acids is 2. The molecule has 2 aromatic rings. The van der Waals surface area contributed by atoms with Gasteiger partial charge in [0.05, 0.1) is 23.5 Å². The Balaban J connectivity index is 1.85. The van der Waals surface area contributed by atoms with Crippen molar-refractivity contribution >= 4 is 34.7 Å². The van der Waals surface area contributed by atoms with Gasteiger partial charge in [-0.05, 0) is 29.5 Å². The quantitative estimate of drug-likeness (QED) is 0.475. The molecule has 0 atom stereocenters. The van der Waals surface area contributed by atoms with E-state index < -0.39 is 16.1 Å². The molecule has 0 aromatic heterocycles. The summed E-state index contributed by atoms with van der Waals surface area (Å²) in [5.41, 5.74) is 0.698. The molecule has 0 saturated carbocycles. The number of amides is 2. The molecule has 1 aliphatic rings. The van der Waals surface area contributed by atoms with Crippen LogP contribution in [0.2, 0.25) is 0 Å². The van der Waals surface area contributed by atoms with Gasteiger partial charge in [0.15, 0.2) is 11.5 Å². The topological polar surface area (TPSA) is 110 Å². The molecule has 138 valence electrons. The van der Waals surface area contributed by atoms with Crippen LogP contribution in [0.25, 0.3) is 6.08 Å². The molecule has 2 aromatic carbocycles. The minimum Gasteiger partial charge on any atom is -0.504 e. The lowest BCUT2D eigenvalue weighted by Crippen LogP contribution is -2.27. The maximum atomic E-state index is 12.6. The van der Waals surface area contributed by atoms with Crippen molar-refractivity contribution in [1.29, 1.82) is 0 Å². The third-order valence-corrected chi connectivity index (χ3v) is 4.78. The van der Waals surface area contributed by atoms with Crippen LogP contribution in [0.15, 0.2) is 47.4 Å². The molecular weight excluding hydrogens is 372 g/mol. The van der Waals surface area contributed by atoms with Gasteiger partial charge in [-0.15, -0.1) is 0 Å². The number of non-ortho nitro benzene ring substituents is 1. The zero-order chi connectivity index (χ0) is 19.6. The Morgan fingerprint density at radius 1 is 1.26 bits per heavy atom. The molecular formula is C18H14N2O6S. The van der Waals surface area contributed by atoms with Crippen LogP contribution in [-0.4, -0.2) is 33.2 Å². The number of aromatic hydroxyl groups is 1. The lowest BCUT2D eigenvalue weighted by Gasteiger charge is -2.12. The van der Waals surface area contributed by atoms with Crippen LogP contribution in [-0.2, 0) is 11.3 Å². The van der Waals surface area contributed by atoms with E-state index in [-0.39, 0.29) is 28.6 Å². The van der Waals surface area contributed by atoms with Crippen molar-refractivity contribution in [2.75, 3.05) is 7.11 Å². The predicted octanol–water partition coefficient (Wildman–Crippen LogP) is 3.55. The van der Waals surface area contributed by atoms with E-state index in [1.165, 1.54) is 31.4 Å². The first-order chi connectivity index (χ1) is 12.9. The smallest absolute Gasteiger partial charge is 0.293 e. The first kappa shape index (κ1) is 18.5. The summed E-state index contributed by atoms with van der Waals surface area (Å²) in [6.07, 6.45) is 1.41. The first-order valence-electron chi connectivity index (χ1n) is 7.75. The van der Waals surface area contributed by atoms with Crippen molar-refractivity contribution in [3.8, 4) is 11.5 Å². The second-order valence-electron chi connectivity index (χ2n) is 5.59. The molecule has 8 nitrogen and oxygen atoms in total. The Morgan fingerprint density at radius 2 is 2.00 bits per heavy atom. The van der Waals surface area contributed by atoms with Crippen molar-refractivity contribution in [1.82, 2.24) is 4.90 Å². The second kappa shape index (κ2) is 7.50. The van der Waals surface area contributed by atoms with E-state index >= 15 is 0 Å². The number of thioether (sulfide) groups is 1. The van der Waals surface area contributed by atoms with E-state index in [0.29, 0.717) is 11.1 Å². The fourth-order valence-electron chi connectivity index (χ4n) is 2.55. The molecule has 0 radical (unpaired) electrons. The van der Waals surface area contributed by atoms with E-state index in [9.17, 15) is 24.8 Å². The lowest BCUT2D eigenvalue weighted by atomic mass is 10.1. The molecule has 1 heterocycles. The number of methoxy groups -OCH3 is 1. The van der Waals surface area contributed by atoms with Gasteiger partial charge in [-0.3, -0.25) is 24.6 Å². The Labute approximate surface area is 158 Å². The summed E-state index contributed by atoms with van der Waals surface area (Å²) in [4.78, 5) is 36.3. The zero-order valence-corrected chi connectivity index (χ0v) is 14.9. The fraction of sp³-hybridized carbons (Fsp3) is 0.111. The molecule has 1 saturated heterocycles. The van der Waals surface area contributed by atoms with E-state index in [2.05, 4.69) is 0 Å². The number of para-hydroxylation sites is 1. The normalized spacial score (nSPS) is 15.4. The summed E-state index contributed by atoms with van der Waals surface area (Å²) in [5.74, 6) is -0.413. The predicted molar refractivity (Wildman–Crippen MR) is 99.3 cm³/mol. The van der Waals surface area contributed by atoms with Crippen LogP contribution in [0.5, 0.6) is 11.5 Å². The van der Waals surface area contributed by atoms with Crippen LogP contribution in [0, 0.1) is 10.1 Å². The molecule has 1 fully saturated rings. The minimum atomic E-state index is -0.539. The number of nitro groups is 1. The van der Waals surface area contributed by atoms with E-state index in [1.54, 1.807) is 24.3 Å². The molecule has 0 bridgehead atoms. The number of imide groups is 1. The SMILES string of the molecule is COc1cccc(/C=C2\SC(=O)N(Cc3cccc([N+](=O)[O-])c3)C2=O)c1O. The van der Waals surface area contributed by atoms with Crippen LogP contribution in [0.1, 0.15) is 11.1 Å². The standard InChI is InChI=1S/C18H14N2O6S/c1-26-14-7-3-5-12(16(14)21)9-15-17(22)19(18(23)27-15)10-11-4-2-6-13(8-11)20(24)25/h2-9,21H,10H2,1H3/b15-9-. The van der Waals surface area contributed by atoms with Crippen LogP contribution in [0.4, 0.5) is 10.5 Å². The summed E-state index contributed by atoms with van der Waals surface area (Å²) in [6, 6.07) is 10.6. The van der Waals surface area contributed by atoms with Crippen molar-refractivity contribution in [2.45, 2.75) is 6.54 Å². The van der Waals surface area contributed by atoms with E-state index in [4.69, 9.17) is 4.74 Å². The average Bonchev–Trinajstić information content (AvgIpc) is 2.91. The molecule has 9 heteroatoms. The van der Waals surface area contributed by atoms with Crippen molar-refractivity contribution in [3.63, 3.8) is 0 Å². The molecule has 0 unspecified atom stereocenters. The van der Waals surface area contributed by atoms with Crippen molar-refractivity contribution in [2.24, 2.45) is 0 Å². The largest absolute Gasteiger partial charge is 0.504 e. The minimum absolute atomic E-state index is 0.0756. The number of benzene rings is 2. The number of nitrogens with zero attached hydrogens (tertiary/aromatic N) is 2. The number of hydrogen-bond acceptors (Lipinski definition) is 7.